The van der Waals surface area contributed by atoms with Crippen LogP contribution in [0.2, 0.25) is 5.02 Å². The minimum atomic E-state index is -0.735. The Balaban J connectivity index is 2.02. The fourth-order valence-corrected chi connectivity index (χ4v) is 2.30. The summed E-state index contributed by atoms with van der Waals surface area (Å²) in [4.78, 5) is 25.0. The monoisotopic (exact) mass is 267 g/mol. The Labute approximate surface area is 106 Å². The summed E-state index contributed by atoms with van der Waals surface area (Å²) in [6.07, 6.45) is 0. The Kier molecular flexibility index (Phi) is 2.41. The molecule has 1 aromatic carbocycles. The van der Waals surface area contributed by atoms with Crippen LogP contribution in [0.3, 0.4) is 0 Å². The first-order valence-electron chi connectivity index (χ1n) is 5.29. The fourth-order valence-electron chi connectivity index (χ4n) is 2.12. The van der Waals surface area contributed by atoms with E-state index in [1.165, 1.54) is 12.1 Å². The highest BCUT2D eigenvalue weighted by molar-refractivity contribution is 6.31. The van der Waals surface area contributed by atoms with Gasteiger partial charge in [0.05, 0.1) is 23.2 Å². The molecule has 1 saturated heterocycles. The Hall–Kier alpha value is -1.82. The van der Waals surface area contributed by atoms with Crippen LogP contribution in [0.15, 0.2) is 28.4 Å². The maximum absolute atomic E-state index is 13.1. The summed E-state index contributed by atoms with van der Waals surface area (Å²) in [5, 5.41) is 7.32. The Morgan fingerprint density at radius 3 is 2.78 bits per heavy atom. The molecular weight excluding hydrogens is 261 g/mol. The van der Waals surface area contributed by atoms with Crippen molar-refractivity contribution in [2.45, 2.75) is 6.04 Å². The van der Waals surface area contributed by atoms with Crippen molar-refractivity contribution >= 4 is 29.1 Å². The maximum Gasteiger partial charge on any atom is 0.261 e. The lowest BCUT2D eigenvalue weighted by Gasteiger charge is -2.15. The van der Waals surface area contributed by atoms with E-state index < -0.39 is 23.7 Å². The molecule has 0 aliphatic carbocycles. The van der Waals surface area contributed by atoms with Crippen LogP contribution in [0, 0.1) is 11.7 Å². The lowest BCUT2D eigenvalue weighted by atomic mass is 10.1. The minimum absolute atomic E-state index is 0.133. The second-order valence-electron chi connectivity index (χ2n) is 4.10. The molecule has 2 amide bonds. The van der Waals surface area contributed by atoms with Gasteiger partial charge in [-0.25, -0.2) is 9.29 Å². The zero-order valence-corrected chi connectivity index (χ0v) is 9.76. The van der Waals surface area contributed by atoms with Gasteiger partial charge in [-0.15, -0.1) is 0 Å². The highest BCUT2D eigenvalue weighted by Crippen LogP contribution is 2.33. The van der Waals surface area contributed by atoms with Gasteiger partial charge >= 0.3 is 0 Å². The summed E-state index contributed by atoms with van der Waals surface area (Å²) in [6, 6.07) is 2.98. The number of halogens is 2. The zero-order valence-electron chi connectivity index (χ0n) is 9.01. The second kappa shape index (κ2) is 3.84. The first kappa shape index (κ1) is 11.3. The van der Waals surface area contributed by atoms with Crippen LogP contribution in [0.4, 0.5) is 10.1 Å². The molecule has 1 fully saturated rings. The lowest BCUT2D eigenvalue weighted by Crippen LogP contribution is -2.32. The number of rotatable bonds is 1. The molecule has 3 rings (SSSR count). The molecular formula is C11H7ClFN3O2. The van der Waals surface area contributed by atoms with Crippen LogP contribution in [-0.2, 0) is 9.59 Å². The van der Waals surface area contributed by atoms with Crippen LogP contribution < -0.4 is 4.90 Å². The van der Waals surface area contributed by atoms with E-state index in [4.69, 9.17) is 11.6 Å². The summed E-state index contributed by atoms with van der Waals surface area (Å²) in [6.45, 7) is 0.223. The van der Waals surface area contributed by atoms with Gasteiger partial charge in [-0.1, -0.05) is 11.6 Å². The van der Waals surface area contributed by atoms with Crippen molar-refractivity contribution in [3.05, 3.63) is 29.0 Å². The molecule has 2 unspecified atom stereocenters. The highest BCUT2D eigenvalue weighted by atomic mass is 35.5. The van der Waals surface area contributed by atoms with Crippen molar-refractivity contribution in [1.29, 1.82) is 0 Å². The number of hydrogen-bond acceptors (Lipinski definition) is 4. The second-order valence-corrected chi connectivity index (χ2v) is 4.51. The number of carbonyl (C=O) groups excluding carboxylic acids is 2. The molecule has 1 aromatic rings. The Morgan fingerprint density at radius 2 is 2.11 bits per heavy atom. The van der Waals surface area contributed by atoms with Crippen molar-refractivity contribution in [1.82, 2.24) is 0 Å². The van der Waals surface area contributed by atoms with Gasteiger partial charge in [0.25, 0.3) is 5.91 Å². The number of anilines is 1. The molecule has 0 saturated carbocycles. The quantitative estimate of drug-likeness (QED) is 0.729. The number of fused-ring (bicyclic) bond motifs is 1. The van der Waals surface area contributed by atoms with Gasteiger partial charge in [0.2, 0.25) is 5.91 Å². The summed E-state index contributed by atoms with van der Waals surface area (Å²) in [5.74, 6) is -1.92. The van der Waals surface area contributed by atoms with E-state index in [2.05, 4.69) is 10.2 Å². The van der Waals surface area contributed by atoms with Crippen LogP contribution in [0.25, 0.3) is 0 Å². The SMILES string of the molecule is O=C1C2CN=NC2C(=O)N1c1ccc(F)c(Cl)c1. The molecule has 2 aliphatic heterocycles. The van der Waals surface area contributed by atoms with Gasteiger partial charge in [-0.05, 0) is 18.2 Å². The van der Waals surface area contributed by atoms with Gasteiger partial charge in [-0.3, -0.25) is 9.59 Å². The number of hydrogen-bond donors (Lipinski definition) is 0. The topological polar surface area (TPSA) is 62.1 Å². The van der Waals surface area contributed by atoms with E-state index in [0.29, 0.717) is 0 Å². The third-order valence-electron chi connectivity index (χ3n) is 3.04. The predicted molar refractivity (Wildman–Crippen MR) is 60.9 cm³/mol. The predicted octanol–water partition coefficient (Wildman–Crippen LogP) is 1.80. The maximum atomic E-state index is 13.1. The molecule has 0 spiro atoms. The molecule has 2 heterocycles. The molecule has 2 aliphatic rings. The fraction of sp³-hybridized carbons (Fsp3) is 0.273. The van der Waals surface area contributed by atoms with Crippen LogP contribution in [0.1, 0.15) is 0 Å². The number of benzene rings is 1. The first-order chi connectivity index (χ1) is 8.59. The van der Waals surface area contributed by atoms with E-state index in [1.54, 1.807) is 0 Å². The van der Waals surface area contributed by atoms with E-state index in [1.807, 2.05) is 0 Å². The van der Waals surface area contributed by atoms with E-state index in [9.17, 15) is 14.0 Å². The number of carbonyl (C=O) groups is 2. The minimum Gasteiger partial charge on any atom is -0.274 e. The summed E-state index contributed by atoms with van der Waals surface area (Å²) in [7, 11) is 0. The van der Waals surface area contributed by atoms with Crippen molar-refractivity contribution in [2.24, 2.45) is 16.1 Å². The molecule has 7 heteroatoms. The number of azo groups is 1. The largest absolute Gasteiger partial charge is 0.274 e. The van der Waals surface area contributed by atoms with Crippen molar-refractivity contribution < 1.29 is 14.0 Å². The van der Waals surface area contributed by atoms with E-state index >= 15 is 0 Å². The smallest absolute Gasteiger partial charge is 0.261 e. The highest BCUT2D eigenvalue weighted by Gasteiger charge is 2.50. The third kappa shape index (κ3) is 1.45. The van der Waals surface area contributed by atoms with Crippen LogP contribution in [-0.4, -0.2) is 24.4 Å². The van der Waals surface area contributed by atoms with Gasteiger partial charge in [0.15, 0.2) is 6.04 Å². The molecule has 5 nitrogen and oxygen atoms in total. The number of nitrogens with zero attached hydrogens (tertiary/aromatic N) is 3. The van der Waals surface area contributed by atoms with Crippen LogP contribution >= 0.6 is 11.6 Å². The molecule has 0 aromatic heterocycles. The third-order valence-corrected chi connectivity index (χ3v) is 3.33. The summed E-state index contributed by atoms with van der Waals surface area (Å²) in [5.41, 5.74) is 0.265. The van der Waals surface area contributed by atoms with Gasteiger partial charge in [-0.2, -0.15) is 10.2 Å². The van der Waals surface area contributed by atoms with Crippen molar-refractivity contribution in [3.63, 3.8) is 0 Å². The van der Waals surface area contributed by atoms with Gasteiger partial charge in [0, 0.05) is 0 Å². The van der Waals surface area contributed by atoms with Gasteiger partial charge < -0.3 is 0 Å². The molecule has 0 radical (unpaired) electrons. The Morgan fingerprint density at radius 1 is 1.33 bits per heavy atom. The summed E-state index contributed by atoms with van der Waals surface area (Å²) < 4.78 is 13.1. The van der Waals surface area contributed by atoms with Crippen molar-refractivity contribution in [3.8, 4) is 0 Å². The lowest BCUT2D eigenvalue weighted by molar-refractivity contribution is -0.122. The molecule has 92 valence electrons. The summed E-state index contributed by atoms with van der Waals surface area (Å²) >= 11 is 5.64. The van der Waals surface area contributed by atoms with E-state index in [-0.39, 0.29) is 23.2 Å². The first-order valence-corrected chi connectivity index (χ1v) is 5.67. The van der Waals surface area contributed by atoms with Gasteiger partial charge in [0.1, 0.15) is 5.82 Å². The number of amides is 2. The number of imide groups is 1. The average molecular weight is 268 g/mol. The van der Waals surface area contributed by atoms with Crippen LogP contribution in [0.5, 0.6) is 0 Å². The van der Waals surface area contributed by atoms with Crippen molar-refractivity contribution in [2.75, 3.05) is 11.4 Å². The molecule has 18 heavy (non-hydrogen) atoms. The van der Waals surface area contributed by atoms with E-state index in [0.717, 1.165) is 11.0 Å². The molecule has 0 N–H and O–H groups in total. The zero-order chi connectivity index (χ0) is 12.9. The average Bonchev–Trinajstić information content (AvgIpc) is 2.89. The normalized spacial score (nSPS) is 26.0. The Bertz CT molecular complexity index is 590. The standard InChI is InChI=1S/C11H7ClFN3O2/c12-7-3-5(1-2-8(7)13)16-10(17)6-4-14-15-9(6)11(16)18/h1-3,6,9H,4H2. The molecule has 2 atom stereocenters. The molecule has 0 bridgehead atoms.